The van der Waals surface area contributed by atoms with Crippen LogP contribution >= 0.6 is 0 Å². The van der Waals surface area contributed by atoms with Gasteiger partial charge in [-0.1, -0.05) is 38.6 Å². The van der Waals surface area contributed by atoms with Gasteiger partial charge in [-0.3, -0.25) is 9.52 Å². The number of carbonyl (C=O) groups is 1. The fraction of sp³-hybridized carbons (Fsp3) is 0.167. The van der Waals surface area contributed by atoms with Crippen molar-refractivity contribution in [3.63, 3.8) is 0 Å². The number of hydrogen-bond acceptors (Lipinski definition) is 3. The predicted molar refractivity (Wildman–Crippen MR) is 96.6 cm³/mol. The topological polar surface area (TPSA) is 75.3 Å². The second kappa shape index (κ2) is 7.31. The van der Waals surface area contributed by atoms with Crippen LogP contribution in [0.3, 0.4) is 0 Å². The lowest BCUT2D eigenvalue weighted by molar-refractivity contribution is -0.111. The van der Waals surface area contributed by atoms with Crippen LogP contribution < -0.4 is 10.0 Å². The van der Waals surface area contributed by atoms with Crippen LogP contribution in [-0.2, 0) is 14.8 Å². The number of rotatable bonds is 6. The number of anilines is 2. The summed E-state index contributed by atoms with van der Waals surface area (Å²) in [6.07, 6.45) is 1.15. The first-order chi connectivity index (χ1) is 11.3. The van der Waals surface area contributed by atoms with Crippen LogP contribution in [0.15, 0.2) is 66.1 Å². The van der Waals surface area contributed by atoms with Crippen molar-refractivity contribution in [3.05, 3.63) is 66.7 Å². The molecule has 0 heterocycles. The van der Waals surface area contributed by atoms with E-state index in [2.05, 4.69) is 16.6 Å². The van der Waals surface area contributed by atoms with Crippen LogP contribution in [0.2, 0.25) is 0 Å². The first-order valence-electron chi connectivity index (χ1n) is 7.48. The van der Waals surface area contributed by atoms with E-state index >= 15 is 0 Å². The van der Waals surface area contributed by atoms with Crippen molar-refractivity contribution < 1.29 is 13.2 Å². The van der Waals surface area contributed by atoms with Crippen molar-refractivity contribution in [1.82, 2.24) is 0 Å². The van der Waals surface area contributed by atoms with Gasteiger partial charge in [-0.05, 0) is 47.9 Å². The molecule has 0 atom stereocenters. The zero-order chi connectivity index (χ0) is 17.7. The minimum atomic E-state index is -3.69. The molecule has 2 aromatic carbocycles. The highest BCUT2D eigenvalue weighted by atomic mass is 32.2. The molecule has 0 bridgehead atoms. The van der Waals surface area contributed by atoms with Crippen LogP contribution in [0.5, 0.6) is 0 Å². The van der Waals surface area contributed by atoms with Crippen molar-refractivity contribution in [2.45, 2.75) is 24.7 Å². The average molecular weight is 344 g/mol. The highest BCUT2D eigenvalue weighted by molar-refractivity contribution is 7.92. The molecule has 0 aliphatic carbocycles. The summed E-state index contributed by atoms with van der Waals surface area (Å²) in [5.74, 6) is -0.0286. The quantitative estimate of drug-likeness (QED) is 0.784. The highest BCUT2D eigenvalue weighted by Gasteiger charge is 2.14. The van der Waals surface area contributed by atoms with Gasteiger partial charge in [0.15, 0.2) is 0 Å². The van der Waals surface area contributed by atoms with E-state index < -0.39 is 10.0 Å². The molecule has 0 fully saturated rings. The molecule has 0 saturated heterocycles. The van der Waals surface area contributed by atoms with Gasteiger partial charge in [-0.2, -0.15) is 0 Å². The summed E-state index contributed by atoms with van der Waals surface area (Å²) in [4.78, 5) is 11.5. The number of amides is 1. The third-order valence-electron chi connectivity index (χ3n) is 3.42. The van der Waals surface area contributed by atoms with E-state index in [9.17, 15) is 13.2 Å². The van der Waals surface area contributed by atoms with E-state index in [1.165, 1.54) is 0 Å². The van der Waals surface area contributed by atoms with Crippen molar-refractivity contribution in [1.29, 1.82) is 0 Å². The Kier molecular flexibility index (Phi) is 5.41. The lowest BCUT2D eigenvalue weighted by Gasteiger charge is -2.11. The lowest BCUT2D eigenvalue weighted by atomic mass is 10.0. The minimum Gasteiger partial charge on any atom is -0.322 e. The second-order valence-corrected chi connectivity index (χ2v) is 7.29. The molecule has 0 aliphatic rings. The molecule has 2 aromatic rings. The molecular weight excluding hydrogens is 324 g/mol. The molecular formula is C18H20N2O3S. The Hall–Kier alpha value is -2.60. The van der Waals surface area contributed by atoms with Crippen LogP contribution in [0.4, 0.5) is 11.4 Å². The van der Waals surface area contributed by atoms with E-state index in [1.54, 1.807) is 48.5 Å². The molecule has 5 nitrogen and oxygen atoms in total. The fourth-order valence-electron chi connectivity index (χ4n) is 2.10. The van der Waals surface area contributed by atoms with Crippen molar-refractivity contribution >= 4 is 27.3 Å². The van der Waals surface area contributed by atoms with Gasteiger partial charge < -0.3 is 5.32 Å². The molecule has 24 heavy (non-hydrogen) atoms. The normalized spacial score (nSPS) is 11.1. The summed E-state index contributed by atoms with van der Waals surface area (Å²) < 4.78 is 27.4. The Balaban J connectivity index is 2.21. The molecule has 2 N–H and O–H groups in total. The van der Waals surface area contributed by atoms with Gasteiger partial charge in [0.05, 0.1) is 10.6 Å². The first kappa shape index (κ1) is 17.7. The molecule has 6 heteroatoms. The van der Waals surface area contributed by atoms with Gasteiger partial charge in [0, 0.05) is 5.69 Å². The predicted octanol–water partition coefficient (Wildman–Crippen LogP) is 3.74. The number of nitrogens with one attached hydrogen (secondary N) is 2. The van der Waals surface area contributed by atoms with E-state index in [0.29, 0.717) is 17.3 Å². The Labute approximate surface area is 142 Å². The average Bonchev–Trinajstić information content (AvgIpc) is 2.54. The highest BCUT2D eigenvalue weighted by Crippen LogP contribution is 2.21. The maximum absolute atomic E-state index is 12.5. The maximum Gasteiger partial charge on any atom is 0.261 e. The van der Waals surface area contributed by atoms with E-state index in [-0.39, 0.29) is 10.8 Å². The molecule has 0 spiro atoms. The molecule has 126 valence electrons. The van der Waals surface area contributed by atoms with Crippen molar-refractivity contribution in [2.75, 3.05) is 10.0 Å². The van der Waals surface area contributed by atoms with Gasteiger partial charge in [0.1, 0.15) is 0 Å². The molecule has 0 radical (unpaired) electrons. The summed E-state index contributed by atoms with van der Waals surface area (Å²) in [5, 5.41) is 2.59. The summed E-state index contributed by atoms with van der Waals surface area (Å²) >= 11 is 0. The first-order valence-corrected chi connectivity index (χ1v) is 8.96. The number of benzene rings is 2. The number of hydrogen-bond donors (Lipinski definition) is 2. The Morgan fingerprint density at radius 1 is 1.08 bits per heavy atom. The van der Waals surface area contributed by atoms with E-state index in [0.717, 1.165) is 11.6 Å². The molecule has 2 rings (SSSR count). The lowest BCUT2D eigenvalue weighted by Crippen LogP contribution is -2.13. The Bertz CT molecular complexity index is 841. The summed E-state index contributed by atoms with van der Waals surface area (Å²) in [6.45, 7) is 7.47. The van der Waals surface area contributed by atoms with Crippen LogP contribution in [0.1, 0.15) is 25.3 Å². The zero-order valence-electron chi connectivity index (χ0n) is 13.6. The van der Waals surface area contributed by atoms with E-state index in [4.69, 9.17) is 0 Å². The minimum absolute atomic E-state index is 0.187. The smallest absolute Gasteiger partial charge is 0.261 e. The van der Waals surface area contributed by atoms with Crippen LogP contribution in [0.25, 0.3) is 0 Å². The third kappa shape index (κ3) is 4.45. The van der Waals surface area contributed by atoms with Crippen molar-refractivity contribution in [2.24, 2.45) is 0 Å². The van der Waals surface area contributed by atoms with Gasteiger partial charge in [-0.25, -0.2) is 8.42 Å². The number of carbonyl (C=O) groups excluding carboxylic acids is 1. The zero-order valence-corrected chi connectivity index (χ0v) is 14.4. The molecule has 0 unspecified atom stereocenters. The van der Waals surface area contributed by atoms with Crippen LogP contribution in [0, 0.1) is 0 Å². The van der Waals surface area contributed by atoms with Gasteiger partial charge in [0.2, 0.25) is 5.91 Å². The molecule has 0 aromatic heterocycles. The Morgan fingerprint density at radius 2 is 1.71 bits per heavy atom. The maximum atomic E-state index is 12.5. The summed E-state index contributed by atoms with van der Waals surface area (Å²) in [5.41, 5.74) is 1.92. The van der Waals surface area contributed by atoms with Gasteiger partial charge in [-0.15, -0.1) is 0 Å². The summed E-state index contributed by atoms with van der Waals surface area (Å²) in [7, 11) is -3.69. The Morgan fingerprint density at radius 3 is 2.29 bits per heavy atom. The monoisotopic (exact) mass is 344 g/mol. The standard InChI is InChI=1S/C18H20N2O3S/c1-4-18(21)19-15-6-5-7-16(12-15)20-24(22,23)17-10-8-14(9-11-17)13(2)3/h4-13,20H,1H2,2-3H3,(H,19,21). The SMILES string of the molecule is C=CC(=O)Nc1cccc(NS(=O)(=O)c2ccc(C(C)C)cc2)c1. The van der Waals surface area contributed by atoms with E-state index in [1.807, 2.05) is 13.8 Å². The molecule has 0 saturated carbocycles. The molecule has 1 amide bonds. The fourth-order valence-corrected chi connectivity index (χ4v) is 3.15. The second-order valence-electron chi connectivity index (χ2n) is 5.60. The third-order valence-corrected chi connectivity index (χ3v) is 4.82. The van der Waals surface area contributed by atoms with Gasteiger partial charge in [0.25, 0.3) is 10.0 Å². The number of sulfonamides is 1. The molecule has 0 aliphatic heterocycles. The van der Waals surface area contributed by atoms with Crippen molar-refractivity contribution in [3.8, 4) is 0 Å². The largest absolute Gasteiger partial charge is 0.322 e. The van der Waals surface area contributed by atoms with Gasteiger partial charge >= 0.3 is 0 Å². The van der Waals surface area contributed by atoms with Crippen LogP contribution in [-0.4, -0.2) is 14.3 Å². The summed E-state index contributed by atoms with van der Waals surface area (Å²) in [6, 6.07) is 13.3.